The maximum atomic E-state index is 11.9. The Balaban J connectivity index is 2.28. The maximum Gasteiger partial charge on any atom is 0.211 e. The van der Waals surface area contributed by atoms with Crippen molar-refractivity contribution in [1.82, 2.24) is 4.98 Å². The number of carbonyl (C=O) groups excluding carboxylic acids is 1. The molecule has 2 aromatic rings. The van der Waals surface area contributed by atoms with Gasteiger partial charge in [0.2, 0.25) is 5.78 Å². The summed E-state index contributed by atoms with van der Waals surface area (Å²) >= 11 is 0. The van der Waals surface area contributed by atoms with E-state index >= 15 is 0 Å². The number of rotatable bonds is 3. The van der Waals surface area contributed by atoms with E-state index in [4.69, 9.17) is 4.74 Å². The Labute approximate surface area is 93.7 Å². The molecule has 0 saturated heterocycles. The third-order valence-corrected chi connectivity index (χ3v) is 2.25. The van der Waals surface area contributed by atoms with E-state index in [1.165, 1.54) is 0 Å². The van der Waals surface area contributed by atoms with Gasteiger partial charge in [0.1, 0.15) is 11.4 Å². The summed E-state index contributed by atoms with van der Waals surface area (Å²) < 4.78 is 5.03. The standard InChI is InChI=1S/C13H11NO2/c1-16-11-7-5-10(6-8-11)13(15)12-4-2-3-9-14-12/h2-9H,1H3. The molecule has 1 aromatic heterocycles. The molecule has 0 spiro atoms. The third-order valence-electron chi connectivity index (χ3n) is 2.25. The summed E-state index contributed by atoms with van der Waals surface area (Å²) in [4.78, 5) is 16.0. The van der Waals surface area contributed by atoms with Gasteiger partial charge < -0.3 is 4.74 Å². The van der Waals surface area contributed by atoms with Gasteiger partial charge in [0.05, 0.1) is 7.11 Å². The maximum absolute atomic E-state index is 11.9. The van der Waals surface area contributed by atoms with Crippen LogP contribution >= 0.6 is 0 Å². The van der Waals surface area contributed by atoms with Gasteiger partial charge in [0.15, 0.2) is 0 Å². The fraction of sp³-hybridized carbons (Fsp3) is 0.0769. The van der Waals surface area contributed by atoms with E-state index in [9.17, 15) is 4.79 Å². The normalized spacial score (nSPS) is 9.81. The number of aromatic nitrogens is 1. The highest BCUT2D eigenvalue weighted by Crippen LogP contribution is 2.13. The zero-order chi connectivity index (χ0) is 11.4. The van der Waals surface area contributed by atoms with Crippen LogP contribution in [0.1, 0.15) is 16.1 Å². The molecule has 0 aliphatic rings. The lowest BCUT2D eigenvalue weighted by atomic mass is 10.1. The van der Waals surface area contributed by atoms with E-state index < -0.39 is 0 Å². The Kier molecular flexibility index (Phi) is 2.96. The molecular weight excluding hydrogens is 202 g/mol. The van der Waals surface area contributed by atoms with Gasteiger partial charge in [0.25, 0.3) is 0 Å². The zero-order valence-electron chi connectivity index (χ0n) is 8.88. The van der Waals surface area contributed by atoms with Crippen LogP contribution in [0.4, 0.5) is 0 Å². The number of ketones is 1. The minimum absolute atomic E-state index is 0.0803. The van der Waals surface area contributed by atoms with E-state index in [2.05, 4.69) is 4.98 Å². The summed E-state index contributed by atoms with van der Waals surface area (Å²) in [6, 6.07) is 12.3. The second-order valence-electron chi connectivity index (χ2n) is 3.27. The average Bonchev–Trinajstić information content (AvgIpc) is 2.39. The number of nitrogens with zero attached hydrogens (tertiary/aromatic N) is 1. The first-order valence-corrected chi connectivity index (χ1v) is 4.91. The Morgan fingerprint density at radius 3 is 2.44 bits per heavy atom. The molecule has 0 amide bonds. The van der Waals surface area contributed by atoms with Gasteiger partial charge in [-0.25, -0.2) is 0 Å². The molecule has 1 aromatic carbocycles. The molecule has 0 atom stereocenters. The molecule has 80 valence electrons. The van der Waals surface area contributed by atoms with Crippen LogP contribution in [0, 0.1) is 0 Å². The molecule has 0 N–H and O–H groups in total. The first kappa shape index (κ1) is 10.4. The van der Waals surface area contributed by atoms with E-state index in [-0.39, 0.29) is 5.78 Å². The third kappa shape index (κ3) is 2.08. The van der Waals surface area contributed by atoms with Crippen molar-refractivity contribution in [2.45, 2.75) is 0 Å². The van der Waals surface area contributed by atoms with Crippen LogP contribution in [-0.4, -0.2) is 17.9 Å². The SMILES string of the molecule is COc1ccc(C(=O)c2ccccn2)cc1. The lowest BCUT2D eigenvalue weighted by molar-refractivity contribution is 0.103. The van der Waals surface area contributed by atoms with Crippen molar-refractivity contribution in [1.29, 1.82) is 0 Å². The Morgan fingerprint density at radius 1 is 1.12 bits per heavy atom. The van der Waals surface area contributed by atoms with E-state index in [1.54, 1.807) is 55.8 Å². The van der Waals surface area contributed by atoms with Crippen LogP contribution in [0.15, 0.2) is 48.7 Å². The predicted octanol–water partition coefficient (Wildman–Crippen LogP) is 2.32. The minimum atomic E-state index is -0.0803. The van der Waals surface area contributed by atoms with Gasteiger partial charge in [-0.2, -0.15) is 0 Å². The summed E-state index contributed by atoms with van der Waals surface area (Å²) in [5.74, 6) is 0.654. The van der Waals surface area contributed by atoms with Crippen molar-refractivity contribution in [3.63, 3.8) is 0 Å². The van der Waals surface area contributed by atoms with Crippen LogP contribution in [0.2, 0.25) is 0 Å². The number of hydrogen-bond acceptors (Lipinski definition) is 3. The van der Waals surface area contributed by atoms with E-state index in [1.807, 2.05) is 0 Å². The number of ether oxygens (including phenoxy) is 1. The van der Waals surface area contributed by atoms with E-state index in [0.29, 0.717) is 11.3 Å². The van der Waals surface area contributed by atoms with Gasteiger partial charge in [0, 0.05) is 11.8 Å². The summed E-state index contributed by atoms with van der Waals surface area (Å²) in [7, 11) is 1.59. The van der Waals surface area contributed by atoms with Gasteiger partial charge in [-0.1, -0.05) is 6.07 Å². The van der Waals surface area contributed by atoms with Crippen LogP contribution in [0.25, 0.3) is 0 Å². The van der Waals surface area contributed by atoms with Crippen molar-refractivity contribution in [2.75, 3.05) is 7.11 Å². The fourth-order valence-corrected chi connectivity index (χ4v) is 1.39. The zero-order valence-corrected chi connectivity index (χ0v) is 8.88. The Hall–Kier alpha value is -2.16. The number of carbonyl (C=O) groups is 1. The fourth-order valence-electron chi connectivity index (χ4n) is 1.39. The molecule has 3 nitrogen and oxygen atoms in total. The van der Waals surface area contributed by atoms with Crippen molar-refractivity contribution in [3.8, 4) is 5.75 Å². The molecule has 0 saturated carbocycles. The van der Waals surface area contributed by atoms with Crippen LogP contribution in [0.3, 0.4) is 0 Å². The topological polar surface area (TPSA) is 39.2 Å². The molecule has 0 fully saturated rings. The number of hydrogen-bond donors (Lipinski definition) is 0. The Bertz CT molecular complexity index is 477. The number of benzene rings is 1. The molecule has 16 heavy (non-hydrogen) atoms. The molecule has 0 aliphatic heterocycles. The predicted molar refractivity (Wildman–Crippen MR) is 60.7 cm³/mol. The van der Waals surface area contributed by atoms with E-state index in [0.717, 1.165) is 5.75 Å². The molecule has 1 heterocycles. The van der Waals surface area contributed by atoms with Gasteiger partial charge >= 0.3 is 0 Å². The van der Waals surface area contributed by atoms with Crippen LogP contribution in [-0.2, 0) is 0 Å². The number of pyridine rings is 1. The highest BCUT2D eigenvalue weighted by molar-refractivity contribution is 6.07. The second kappa shape index (κ2) is 4.57. The largest absolute Gasteiger partial charge is 0.497 e. The summed E-state index contributed by atoms with van der Waals surface area (Å²) in [6.07, 6.45) is 1.61. The molecule has 0 aliphatic carbocycles. The smallest absolute Gasteiger partial charge is 0.211 e. The molecule has 0 unspecified atom stereocenters. The first-order chi connectivity index (χ1) is 7.81. The number of methoxy groups -OCH3 is 1. The highest BCUT2D eigenvalue weighted by Gasteiger charge is 2.09. The molecule has 0 bridgehead atoms. The van der Waals surface area contributed by atoms with Crippen molar-refractivity contribution < 1.29 is 9.53 Å². The van der Waals surface area contributed by atoms with Gasteiger partial charge in [-0.15, -0.1) is 0 Å². The van der Waals surface area contributed by atoms with Crippen molar-refractivity contribution >= 4 is 5.78 Å². The van der Waals surface area contributed by atoms with Gasteiger partial charge in [-0.05, 0) is 36.4 Å². The molecule has 3 heteroatoms. The van der Waals surface area contributed by atoms with Gasteiger partial charge in [-0.3, -0.25) is 9.78 Å². The quantitative estimate of drug-likeness (QED) is 0.734. The van der Waals surface area contributed by atoms with Crippen LogP contribution in [0.5, 0.6) is 5.75 Å². The average molecular weight is 213 g/mol. The first-order valence-electron chi connectivity index (χ1n) is 4.91. The summed E-state index contributed by atoms with van der Waals surface area (Å²) in [6.45, 7) is 0. The second-order valence-corrected chi connectivity index (χ2v) is 3.27. The minimum Gasteiger partial charge on any atom is -0.497 e. The molecular formula is C13H11NO2. The lowest BCUT2D eigenvalue weighted by Gasteiger charge is -2.02. The summed E-state index contributed by atoms with van der Waals surface area (Å²) in [5.41, 5.74) is 1.06. The monoisotopic (exact) mass is 213 g/mol. The van der Waals surface area contributed by atoms with Crippen molar-refractivity contribution in [2.24, 2.45) is 0 Å². The molecule has 2 rings (SSSR count). The Morgan fingerprint density at radius 2 is 1.88 bits per heavy atom. The highest BCUT2D eigenvalue weighted by atomic mass is 16.5. The van der Waals surface area contributed by atoms with Crippen LogP contribution < -0.4 is 4.74 Å². The lowest BCUT2D eigenvalue weighted by Crippen LogP contribution is -2.03. The van der Waals surface area contributed by atoms with Crippen molar-refractivity contribution in [3.05, 3.63) is 59.9 Å². The molecule has 0 radical (unpaired) electrons. The summed E-state index contributed by atoms with van der Waals surface area (Å²) in [5, 5.41) is 0.